The first-order chi connectivity index (χ1) is 8.27. The Morgan fingerprint density at radius 3 is 2.28 bits per heavy atom. The van der Waals surface area contributed by atoms with Gasteiger partial charge in [0.05, 0.1) is 15.7 Å². The Balaban J connectivity index is 4.41. The quantitative estimate of drug-likeness (QED) is 0.660. The van der Waals surface area contributed by atoms with E-state index in [9.17, 15) is 4.21 Å². The fourth-order valence-corrected chi connectivity index (χ4v) is 2.27. The zero-order valence-corrected chi connectivity index (χ0v) is 13.8. The van der Waals surface area contributed by atoms with Crippen molar-refractivity contribution >= 4 is 11.0 Å². The highest BCUT2D eigenvalue weighted by molar-refractivity contribution is 7.84. The second kappa shape index (κ2) is 8.87. The van der Waals surface area contributed by atoms with Crippen molar-refractivity contribution in [3.8, 4) is 0 Å². The molecule has 2 atom stereocenters. The summed E-state index contributed by atoms with van der Waals surface area (Å²) < 4.78 is 15.2. The molecule has 0 aromatic heterocycles. The van der Waals surface area contributed by atoms with Crippen LogP contribution < -0.4 is 4.72 Å². The second-order valence-corrected chi connectivity index (χ2v) is 8.29. The summed E-state index contributed by atoms with van der Waals surface area (Å²) in [6, 6.07) is 0.235. The Bertz CT molecular complexity index is 266. The van der Waals surface area contributed by atoms with Crippen molar-refractivity contribution < 1.29 is 4.21 Å². The first-order valence-electron chi connectivity index (χ1n) is 7.12. The lowest BCUT2D eigenvalue weighted by atomic mass is 10.0. The molecule has 0 amide bonds. The van der Waals surface area contributed by atoms with E-state index in [4.69, 9.17) is 0 Å². The average Bonchev–Trinajstić information content (AvgIpc) is 2.24. The maximum Gasteiger partial charge on any atom is 0.0975 e. The fourth-order valence-electron chi connectivity index (χ4n) is 1.45. The smallest absolute Gasteiger partial charge is 0.0975 e. The maximum absolute atomic E-state index is 12.1. The third-order valence-electron chi connectivity index (χ3n) is 2.69. The van der Waals surface area contributed by atoms with E-state index < -0.39 is 11.0 Å². The van der Waals surface area contributed by atoms with E-state index in [1.807, 2.05) is 20.8 Å². The van der Waals surface area contributed by atoms with Gasteiger partial charge in [0.25, 0.3) is 0 Å². The summed E-state index contributed by atoms with van der Waals surface area (Å²) in [7, 11) is -0.989. The highest BCUT2D eigenvalue weighted by Gasteiger charge is 2.21. The van der Waals surface area contributed by atoms with Gasteiger partial charge in [0.1, 0.15) is 0 Å². The molecule has 0 saturated carbocycles. The first-order valence-corrected chi connectivity index (χ1v) is 8.27. The lowest BCUT2D eigenvalue weighted by molar-refractivity contribution is 0.513. The Hall–Kier alpha value is -0.150. The molecule has 0 aromatic carbocycles. The van der Waals surface area contributed by atoms with E-state index in [1.165, 1.54) is 0 Å². The molecule has 0 aliphatic heterocycles. The number of hydrogen-bond donors (Lipinski definition) is 1. The Morgan fingerprint density at radius 2 is 1.83 bits per heavy atom. The SMILES string of the molecule is CCC/C=C/[C@H](CCC(C)C)N[S@](=O)C(C)(C)C. The summed E-state index contributed by atoms with van der Waals surface area (Å²) in [5, 5.41) is 0. The molecule has 0 aromatic rings. The molecule has 0 bridgehead atoms. The molecule has 0 unspecified atom stereocenters. The summed E-state index contributed by atoms with van der Waals surface area (Å²) in [6.45, 7) is 12.7. The van der Waals surface area contributed by atoms with E-state index >= 15 is 0 Å². The van der Waals surface area contributed by atoms with Crippen molar-refractivity contribution in [2.75, 3.05) is 0 Å². The van der Waals surface area contributed by atoms with E-state index in [0.29, 0.717) is 5.92 Å². The molecule has 0 aliphatic rings. The molecule has 0 radical (unpaired) electrons. The minimum Gasteiger partial charge on any atom is -0.242 e. The summed E-state index contributed by atoms with van der Waals surface area (Å²) >= 11 is 0. The zero-order valence-electron chi connectivity index (χ0n) is 13.0. The largest absolute Gasteiger partial charge is 0.242 e. The Morgan fingerprint density at radius 1 is 1.22 bits per heavy atom. The van der Waals surface area contributed by atoms with Gasteiger partial charge in [-0.15, -0.1) is 0 Å². The van der Waals surface area contributed by atoms with Crippen LogP contribution in [0.2, 0.25) is 0 Å². The van der Waals surface area contributed by atoms with Crippen LogP contribution in [0.4, 0.5) is 0 Å². The molecular weight excluding hydrogens is 242 g/mol. The summed E-state index contributed by atoms with van der Waals surface area (Å²) in [4.78, 5) is 0. The van der Waals surface area contributed by atoms with Crippen molar-refractivity contribution in [2.24, 2.45) is 5.92 Å². The molecule has 0 rings (SSSR count). The van der Waals surface area contributed by atoms with Crippen LogP contribution >= 0.6 is 0 Å². The molecule has 108 valence electrons. The van der Waals surface area contributed by atoms with Gasteiger partial charge < -0.3 is 0 Å². The van der Waals surface area contributed by atoms with Gasteiger partial charge in [0.15, 0.2) is 0 Å². The van der Waals surface area contributed by atoms with E-state index in [-0.39, 0.29) is 10.8 Å². The highest BCUT2D eigenvalue weighted by Crippen LogP contribution is 2.13. The van der Waals surface area contributed by atoms with E-state index in [1.54, 1.807) is 0 Å². The van der Waals surface area contributed by atoms with E-state index in [0.717, 1.165) is 25.7 Å². The van der Waals surface area contributed by atoms with Gasteiger partial charge in [0.2, 0.25) is 0 Å². The second-order valence-electron chi connectivity index (χ2n) is 6.29. The summed E-state index contributed by atoms with van der Waals surface area (Å²) in [5.74, 6) is 0.692. The van der Waals surface area contributed by atoms with Gasteiger partial charge in [-0.2, -0.15) is 0 Å². The third-order valence-corrected chi connectivity index (χ3v) is 4.32. The van der Waals surface area contributed by atoms with Crippen molar-refractivity contribution in [3.63, 3.8) is 0 Å². The van der Waals surface area contributed by atoms with Gasteiger partial charge in [-0.1, -0.05) is 39.3 Å². The minimum absolute atomic E-state index is 0.200. The molecule has 18 heavy (non-hydrogen) atoms. The topological polar surface area (TPSA) is 29.1 Å². The summed E-state index contributed by atoms with van der Waals surface area (Å²) in [5.41, 5.74) is 0. The van der Waals surface area contributed by atoms with Crippen molar-refractivity contribution in [1.82, 2.24) is 4.72 Å². The molecule has 3 heteroatoms. The number of rotatable bonds is 8. The molecule has 0 aliphatic carbocycles. The molecule has 1 N–H and O–H groups in total. The Labute approximate surface area is 116 Å². The van der Waals surface area contributed by atoms with Crippen molar-refractivity contribution in [2.45, 2.75) is 78.0 Å². The zero-order chi connectivity index (χ0) is 14.2. The van der Waals surface area contributed by atoms with Gasteiger partial charge in [-0.25, -0.2) is 8.93 Å². The van der Waals surface area contributed by atoms with Crippen LogP contribution in [0.3, 0.4) is 0 Å². The minimum atomic E-state index is -0.989. The van der Waals surface area contributed by atoms with Gasteiger partial charge in [-0.3, -0.25) is 0 Å². The van der Waals surface area contributed by atoms with Crippen molar-refractivity contribution in [1.29, 1.82) is 0 Å². The average molecular weight is 273 g/mol. The number of hydrogen-bond acceptors (Lipinski definition) is 1. The standard InChI is InChI=1S/C15H31NOS/c1-7-8-9-10-14(12-11-13(2)3)16-18(17)15(4,5)6/h9-10,13-14,16H,7-8,11-12H2,1-6H3/b10-9+/t14-,18-/m1/s1. The normalized spacial score (nSPS) is 16.4. The van der Waals surface area contributed by atoms with Crippen LogP contribution in [0.15, 0.2) is 12.2 Å². The van der Waals surface area contributed by atoms with E-state index in [2.05, 4.69) is 37.6 Å². The first kappa shape index (κ1) is 17.8. The number of unbranched alkanes of at least 4 members (excludes halogenated alkanes) is 1. The number of allylic oxidation sites excluding steroid dienone is 1. The van der Waals surface area contributed by atoms with Gasteiger partial charge >= 0.3 is 0 Å². The Kier molecular flexibility index (Phi) is 8.79. The van der Waals surface area contributed by atoms with Gasteiger partial charge in [-0.05, 0) is 46.0 Å². The molecular formula is C15H31NOS. The monoisotopic (exact) mass is 273 g/mol. The van der Waals surface area contributed by atoms with Crippen LogP contribution in [-0.2, 0) is 11.0 Å². The van der Waals surface area contributed by atoms with Crippen LogP contribution in [-0.4, -0.2) is 15.0 Å². The lowest BCUT2D eigenvalue weighted by Gasteiger charge is -2.23. The molecule has 2 nitrogen and oxygen atoms in total. The maximum atomic E-state index is 12.1. The highest BCUT2D eigenvalue weighted by atomic mass is 32.2. The lowest BCUT2D eigenvalue weighted by Crippen LogP contribution is -2.39. The van der Waals surface area contributed by atoms with Crippen LogP contribution in [0.1, 0.15) is 67.2 Å². The van der Waals surface area contributed by atoms with Crippen LogP contribution in [0.25, 0.3) is 0 Å². The molecule has 0 spiro atoms. The third kappa shape index (κ3) is 8.87. The molecule has 0 fully saturated rings. The van der Waals surface area contributed by atoms with Crippen LogP contribution in [0.5, 0.6) is 0 Å². The van der Waals surface area contributed by atoms with Crippen LogP contribution in [0, 0.1) is 5.92 Å². The van der Waals surface area contributed by atoms with Crippen molar-refractivity contribution in [3.05, 3.63) is 12.2 Å². The predicted molar refractivity (Wildman–Crippen MR) is 82.9 cm³/mol. The summed E-state index contributed by atoms with van der Waals surface area (Å²) in [6.07, 6.45) is 8.88. The molecule has 0 heterocycles. The molecule has 0 saturated heterocycles. The van der Waals surface area contributed by atoms with Gasteiger partial charge in [0, 0.05) is 6.04 Å². The number of nitrogens with one attached hydrogen (secondary N) is 1. The fraction of sp³-hybridized carbons (Fsp3) is 0.867. The predicted octanol–water partition coefficient (Wildman–Crippen LogP) is 4.20.